The minimum atomic E-state index is -0.167. The van der Waals surface area contributed by atoms with E-state index in [0.717, 1.165) is 38.3 Å². The van der Waals surface area contributed by atoms with E-state index in [0.29, 0.717) is 12.5 Å². The lowest BCUT2D eigenvalue weighted by Crippen LogP contribution is -2.37. The Morgan fingerprint density at radius 2 is 2.11 bits per heavy atom. The number of likely N-dealkylation sites (tertiary alicyclic amines) is 1. The highest BCUT2D eigenvalue weighted by Crippen LogP contribution is 2.37. The Labute approximate surface area is 113 Å². The van der Waals surface area contributed by atoms with Gasteiger partial charge in [0.25, 0.3) is 5.91 Å². The van der Waals surface area contributed by atoms with Gasteiger partial charge in [-0.15, -0.1) is 5.10 Å². The minimum absolute atomic E-state index is 0.167. The molecule has 104 valence electrons. The molecule has 0 aromatic carbocycles. The molecule has 0 atom stereocenters. The van der Waals surface area contributed by atoms with Crippen LogP contribution in [0.15, 0.2) is 0 Å². The summed E-state index contributed by atoms with van der Waals surface area (Å²) in [6.07, 6.45) is 6.21. The maximum atomic E-state index is 11.9. The average Bonchev–Trinajstić information content (AvgIpc) is 3.17. The van der Waals surface area contributed by atoms with Crippen molar-refractivity contribution >= 4 is 5.91 Å². The summed E-state index contributed by atoms with van der Waals surface area (Å²) in [5, 5.41) is 9.73. The molecule has 1 amide bonds. The predicted molar refractivity (Wildman–Crippen MR) is 71.0 cm³/mol. The van der Waals surface area contributed by atoms with Crippen LogP contribution in [0.3, 0.4) is 0 Å². The second kappa shape index (κ2) is 5.69. The Hall–Kier alpha value is -1.43. The fourth-order valence-corrected chi connectivity index (χ4v) is 2.50. The number of hydrogen-bond donors (Lipinski definition) is 2. The molecular formula is C13H21N5O. The maximum absolute atomic E-state index is 11.9. The number of carbonyl (C=O) groups excluding carboxylic acids is 1. The van der Waals surface area contributed by atoms with Crippen LogP contribution in [-0.2, 0) is 0 Å². The number of carbonyl (C=O) groups is 1. The van der Waals surface area contributed by atoms with Gasteiger partial charge in [-0.05, 0) is 38.8 Å². The van der Waals surface area contributed by atoms with E-state index in [4.69, 9.17) is 0 Å². The van der Waals surface area contributed by atoms with Crippen LogP contribution in [0.5, 0.6) is 0 Å². The van der Waals surface area contributed by atoms with Gasteiger partial charge in [0.15, 0.2) is 0 Å². The third kappa shape index (κ3) is 3.32. The molecular weight excluding hydrogens is 242 g/mol. The fraction of sp³-hybridized carbons (Fsp3) is 0.769. The second-order valence-corrected chi connectivity index (χ2v) is 5.48. The van der Waals surface area contributed by atoms with Gasteiger partial charge in [0.2, 0.25) is 5.82 Å². The first-order chi connectivity index (χ1) is 9.33. The van der Waals surface area contributed by atoms with E-state index in [1.54, 1.807) is 0 Å². The van der Waals surface area contributed by atoms with Crippen molar-refractivity contribution in [1.82, 2.24) is 25.4 Å². The first-order valence-corrected chi connectivity index (χ1v) is 7.26. The molecule has 2 N–H and O–H groups in total. The number of aromatic amines is 1. The van der Waals surface area contributed by atoms with Crippen molar-refractivity contribution in [2.75, 3.05) is 26.2 Å². The maximum Gasteiger partial charge on any atom is 0.291 e. The van der Waals surface area contributed by atoms with Gasteiger partial charge < -0.3 is 10.2 Å². The molecule has 2 fully saturated rings. The summed E-state index contributed by atoms with van der Waals surface area (Å²) >= 11 is 0. The molecule has 1 aliphatic carbocycles. The number of H-pyrrole nitrogens is 1. The van der Waals surface area contributed by atoms with E-state index in [2.05, 4.69) is 25.4 Å². The zero-order chi connectivity index (χ0) is 13.1. The number of hydrogen-bond acceptors (Lipinski definition) is 4. The Kier molecular flexibility index (Phi) is 3.77. The number of nitrogens with one attached hydrogen (secondary N) is 2. The smallest absolute Gasteiger partial charge is 0.291 e. The molecule has 2 heterocycles. The zero-order valence-electron chi connectivity index (χ0n) is 11.2. The number of piperidine rings is 1. The summed E-state index contributed by atoms with van der Waals surface area (Å²) in [7, 11) is 0. The molecule has 2 aliphatic rings. The van der Waals surface area contributed by atoms with E-state index in [1.807, 2.05) is 0 Å². The molecule has 0 unspecified atom stereocenters. The Morgan fingerprint density at radius 1 is 1.32 bits per heavy atom. The number of rotatable bonds is 5. The summed E-state index contributed by atoms with van der Waals surface area (Å²) in [5.41, 5.74) is 0. The lowest BCUT2D eigenvalue weighted by atomic mass is 10.1. The normalized spacial score (nSPS) is 20.4. The Bertz CT molecular complexity index is 434. The predicted octanol–water partition coefficient (Wildman–Crippen LogP) is 0.898. The number of amides is 1. The van der Waals surface area contributed by atoms with Gasteiger partial charge in [-0.25, -0.2) is 4.98 Å². The second-order valence-electron chi connectivity index (χ2n) is 5.48. The largest absolute Gasteiger partial charge is 0.348 e. The quantitative estimate of drug-likeness (QED) is 0.827. The molecule has 0 bridgehead atoms. The summed E-state index contributed by atoms with van der Waals surface area (Å²) in [5.74, 6) is 1.48. The van der Waals surface area contributed by atoms with Crippen LogP contribution >= 0.6 is 0 Å². The SMILES string of the molecule is O=C(NCCN1CCCCC1)c1n[nH]c(C2CC2)n1. The summed E-state index contributed by atoms with van der Waals surface area (Å²) in [6.45, 7) is 3.91. The third-order valence-electron chi connectivity index (χ3n) is 3.83. The standard InChI is InChI=1S/C13H21N5O/c19-13(12-15-11(16-17-12)10-4-5-10)14-6-9-18-7-2-1-3-8-18/h10H,1-9H2,(H,14,19)(H,15,16,17). The molecule has 6 heteroatoms. The molecule has 6 nitrogen and oxygen atoms in total. The lowest BCUT2D eigenvalue weighted by molar-refractivity contribution is 0.0936. The molecule has 1 aromatic rings. The first kappa shape index (κ1) is 12.6. The van der Waals surface area contributed by atoms with Crippen LogP contribution in [0.25, 0.3) is 0 Å². The van der Waals surface area contributed by atoms with Crippen molar-refractivity contribution < 1.29 is 4.79 Å². The van der Waals surface area contributed by atoms with Crippen molar-refractivity contribution in [3.8, 4) is 0 Å². The Balaban J connectivity index is 1.42. The number of nitrogens with zero attached hydrogens (tertiary/aromatic N) is 3. The molecule has 0 radical (unpaired) electrons. The Morgan fingerprint density at radius 3 is 2.84 bits per heavy atom. The molecule has 1 saturated heterocycles. The van der Waals surface area contributed by atoms with Crippen LogP contribution in [0, 0.1) is 0 Å². The van der Waals surface area contributed by atoms with Gasteiger partial charge in [0.1, 0.15) is 5.82 Å². The van der Waals surface area contributed by atoms with Crippen molar-refractivity contribution in [2.45, 2.75) is 38.0 Å². The van der Waals surface area contributed by atoms with E-state index in [1.165, 1.54) is 19.3 Å². The van der Waals surface area contributed by atoms with Crippen LogP contribution in [0.2, 0.25) is 0 Å². The third-order valence-corrected chi connectivity index (χ3v) is 3.83. The van der Waals surface area contributed by atoms with E-state index in [-0.39, 0.29) is 11.7 Å². The molecule has 1 saturated carbocycles. The highest BCUT2D eigenvalue weighted by atomic mass is 16.2. The fourth-order valence-electron chi connectivity index (χ4n) is 2.50. The van der Waals surface area contributed by atoms with Crippen molar-refractivity contribution in [3.63, 3.8) is 0 Å². The summed E-state index contributed by atoms with van der Waals surface area (Å²) in [4.78, 5) is 18.5. The average molecular weight is 263 g/mol. The van der Waals surface area contributed by atoms with E-state index >= 15 is 0 Å². The molecule has 3 rings (SSSR count). The topological polar surface area (TPSA) is 73.9 Å². The molecule has 1 aromatic heterocycles. The van der Waals surface area contributed by atoms with E-state index < -0.39 is 0 Å². The minimum Gasteiger partial charge on any atom is -0.348 e. The number of aromatic nitrogens is 3. The van der Waals surface area contributed by atoms with E-state index in [9.17, 15) is 4.79 Å². The lowest BCUT2D eigenvalue weighted by Gasteiger charge is -2.26. The molecule has 1 aliphatic heterocycles. The van der Waals surface area contributed by atoms with Crippen molar-refractivity contribution in [2.24, 2.45) is 0 Å². The monoisotopic (exact) mass is 263 g/mol. The molecule has 19 heavy (non-hydrogen) atoms. The first-order valence-electron chi connectivity index (χ1n) is 7.26. The highest BCUT2D eigenvalue weighted by Gasteiger charge is 2.28. The zero-order valence-corrected chi connectivity index (χ0v) is 11.2. The molecule has 0 spiro atoms. The van der Waals surface area contributed by atoms with Crippen LogP contribution in [0.1, 0.15) is 54.5 Å². The highest BCUT2D eigenvalue weighted by molar-refractivity contribution is 5.90. The van der Waals surface area contributed by atoms with Gasteiger partial charge in [-0.3, -0.25) is 9.89 Å². The summed E-state index contributed by atoms with van der Waals surface area (Å²) in [6, 6.07) is 0. The van der Waals surface area contributed by atoms with Gasteiger partial charge in [0, 0.05) is 19.0 Å². The van der Waals surface area contributed by atoms with Crippen LogP contribution in [-0.4, -0.2) is 52.2 Å². The summed E-state index contributed by atoms with van der Waals surface area (Å²) < 4.78 is 0. The van der Waals surface area contributed by atoms with Crippen molar-refractivity contribution in [1.29, 1.82) is 0 Å². The van der Waals surface area contributed by atoms with Gasteiger partial charge in [-0.1, -0.05) is 6.42 Å². The van der Waals surface area contributed by atoms with Gasteiger partial charge in [0.05, 0.1) is 0 Å². The van der Waals surface area contributed by atoms with Crippen LogP contribution in [0.4, 0.5) is 0 Å². The van der Waals surface area contributed by atoms with Gasteiger partial charge in [-0.2, -0.15) is 0 Å². The van der Waals surface area contributed by atoms with Crippen LogP contribution < -0.4 is 5.32 Å². The van der Waals surface area contributed by atoms with Gasteiger partial charge >= 0.3 is 0 Å². The van der Waals surface area contributed by atoms with Crippen molar-refractivity contribution in [3.05, 3.63) is 11.6 Å².